The van der Waals surface area contributed by atoms with Gasteiger partial charge >= 0.3 is 0 Å². The number of rotatable bonds is 3. The molecule has 0 saturated heterocycles. The fourth-order valence-corrected chi connectivity index (χ4v) is 2.19. The molecule has 0 spiro atoms. The minimum Gasteiger partial charge on any atom is -0.366 e. The monoisotopic (exact) mass is 263 g/mol. The van der Waals surface area contributed by atoms with E-state index in [0.717, 1.165) is 5.56 Å². The lowest BCUT2D eigenvalue weighted by Gasteiger charge is -2.05. The van der Waals surface area contributed by atoms with Crippen LogP contribution in [-0.2, 0) is 6.42 Å². The third kappa shape index (κ3) is 2.36. The minimum atomic E-state index is -0.512. The number of nitrogens with zero attached hydrogens (tertiary/aromatic N) is 2. The van der Waals surface area contributed by atoms with E-state index in [4.69, 9.17) is 5.73 Å². The SMILES string of the molecule is NC(=O)c1cnc(Cc2cccc3ccccc23)nc1. The number of carbonyl (C=O) groups is 1. The smallest absolute Gasteiger partial charge is 0.251 e. The minimum absolute atomic E-state index is 0.326. The molecule has 1 heterocycles. The largest absolute Gasteiger partial charge is 0.366 e. The van der Waals surface area contributed by atoms with Gasteiger partial charge in [-0.3, -0.25) is 4.79 Å². The van der Waals surface area contributed by atoms with Crippen molar-refractivity contribution in [3.8, 4) is 0 Å². The summed E-state index contributed by atoms with van der Waals surface area (Å²) >= 11 is 0. The van der Waals surface area contributed by atoms with E-state index in [-0.39, 0.29) is 0 Å². The molecule has 3 rings (SSSR count). The number of aromatic nitrogens is 2. The van der Waals surface area contributed by atoms with Crippen molar-refractivity contribution in [2.45, 2.75) is 6.42 Å². The average Bonchev–Trinajstić information content (AvgIpc) is 2.48. The van der Waals surface area contributed by atoms with E-state index in [2.05, 4.69) is 34.2 Å². The molecule has 0 bridgehead atoms. The van der Waals surface area contributed by atoms with Gasteiger partial charge < -0.3 is 5.73 Å². The summed E-state index contributed by atoms with van der Waals surface area (Å²) in [5, 5.41) is 2.39. The van der Waals surface area contributed by atoms with Crippen LogP contribution in [0.15, 0.2) is 54.9 Å². The zero-order valence-corrected chi connectivity index (χ0v) is 10.8. The van der Waals surface area contributed by atoms with Gasteiger partial charge in [0.2, 0.25) is 0 Å². The summed E-state index contributed by atoms with van der Waals surface area (Å²) in [6.45, 7) is 0. The molecule has 4 nitrogen and oxygen atoms in total. The van der Waals surface area contributed by atoms with Gasteiger partial charge in [-0.2, -0.15) is 0 Å². The predicted octanol–water partition coefficient (Wildman–Crippen LogP) is 2.32. The normalized spacial score (nSPS) is 10.6. The summed E-state index contributed by atoms with van der Waals surface area (Å²) < 4.78 is 0. The van der Waals surface area contributed by atoms with Crippen LogP contribution in [0.1, 0.15) is 21.7 Å². The Labute approximate surface area is 116 Å². The van der Waals surface area contributed by atoms with Gasteiger partial charge in [-0.15, -0.1) is 0 Å². The molecular weight excluding hydrogens is 250 g/mol. The van der Waals surface area contributed by atoms with Crippen LogP contribution in [0.2, 0.25) is 0 Å². The van der Waals surface area contributed by atoms with E-state index < -0.39 is 5.91 Å². The molecule has 4 heteroatoms. The van der Waals surface area contributed by atoms with Crippen molar-refractivity contribution in [3.63, 3.8) is 0 Å². The van der Waals surface area contributed by atoms with Gasteiger partial charge in [-0.05, 0) is 16.3 Å². The molecule has 0 aliphatic rings. The second kappa shape index (κ2) is 5.09. The molecule has 0 atom stereocenters. The van der Waals surface area contributed by atoms with Gasteiger partial charge in [0.25, 0.3) is 5.91 Å². The van der Waals surface area contributed by atoms with Gasteiger partial charge in [0.15, 0.2) is 0 Å². The molecule has 0 unspecified atom stereocenters. The van der Waals surface area contributed by atoms with E-state index in [1.54, 1.807) is 0 Å². The molecular formula is C16H13N3O. The van der Waals surface area contributed by atoms with Crippen molar-refractivity contribution in [1.82, 2.24) is 9.97 Å². The van der Waals surface area contributed by atoms with E-state index in [1.165, 1.54) is 23.2 Å². The molecule has 20 heavy (non-hydrogen) atoms. The highest BCUT2D eigenvalue weighted by molar-refractivity contribution is 5.92. The number of hydrogen-bond acceptors (Lipinski definition) is 3. The molecule has 0 saturated carbocycles. The van der Waals surface area contributed by atoms with Crippen molar-refractivity contribution in [2.75, 3.05) is 0 Å². The van der Waals surface area contributed by atoms with Crippen molar-refractivity contribution >= 4 is 16.7 Å². The summed E-state index contributed by atoms with van der Waals surface area (Å²) in [7, 11) is 0. The Bertz CT molecular complexity index is 761. The van der Waals surface area contributed by atoms with Crippen molar-refractivity contribution in [3.05, 3.63) is 71.8 Å². The van der Waals surface area contributed by atoms with Crippen LogP contribution in [0.4, 0.5) is 0 Å². The standard InChI is InChI=1S/C16H13N3O/c17-16(20)13-9-18-15(19-10-13)8-12-6-3-5-11-4-1-2-7-14(11)12/h1-7,9-10H,8H2,(H2,17,20). The second-order valence-corrected chi connectivity index (χ2v) is 4.57. The highest BCUT2D eigenvalue weighted by Gasteiger charge is 2.05. The molecule has 1 aromatic heterocycles. The topological polar surface area (TPSA) is 68.9 Å². The molecule has 0 radical (unpaired) electrons. The fraction of sp³-hybridized carbons (Fsp3) is 0.0625. The molecule has 0 aliphatic heterocycles. The number of amides is 1. The van der Waals surface area contributed by atoms with Crippen LogP contribution in [-0.4, -0.2) is 15.9 Å². The lowest BCUT2D eigenvalue weighted by Crippen LogP contribution is -2.12. The third-order valence-corrected chi connectivity index (χ3v) is 3.22. The summed E-state index contributed by atoms with van der Waals surface area (Å²) in [4.78, 5) is 19.4. The molecule has 0 fully saturated rings. The first-order chi connectivity index (χ1) is 9.74. The number of hydrogen-bond donors (Lipinski definition) is 1. The zero-order chi connectivity index (χ0) is 13.9. The van der Waals surface area contributed by atoms with Gasteiger partial charge in [0.05, 0.1) is 5.56 Å². The number of primary amides is 1. The first-order valence-electron chi connectivity index (χ1n) is 6.31. The van der Waals surface area contributed by atoms with Crippen LogP contribution in [0.3, 0.4) is 0 Å². The third-order valence-electron chi connectivity index (χ3n) is 3.22. The van der Waals surface area contributed by atoms with Crippen molar-refractivity contribution < 1.29 is 4.79 Å². The van der Waals surface area contributed by atoms with Gasteiger partial charge in [-0.25, -0.2) is 9.97 Å². The Kier molecular flexibility index (Phi) is 3.13. The molecule has 1 amide bonds. The van der Waals surface area contributed by atoms with Crippen LogP contribution in [0, 0.1) is 0 Å². The summed E-state index contributed by atoms with van der Waals surface area (Å²) in [5.41, 5.74) is 6.66. The first-order valence-corrected chi connectivity index (χ1v) is 6.31. The summed E-state index contributed by atoms with van der Waals surface area (Å²) in [6, 6.07) is 14.4. The number of carbonyl (C=O) groups excluding carboxylic acids is 1. The Morgan fingerprint density at radius 2 is 1.70 bits per heavy atom. The Morgan fingerprint density at radius 1 is 1.00 bits per heavy atom. The van der Waals surface area contributed by atoms with Gasteiger partial charge in [0, 0.05) is 18.8 Å². The fourth-order valence-electron chi connectivity index (χ4n) is 2.19. The summed E-state index contributed by atoms with van der Waals surface area (Å²) in [5.74, 6) is 0.160. The van der Waals surface area contributed by atoms with Crippen LogP contribution >= 0.6 is 0 Å². The molecule has 2 N–H and O–H groups in total. The van der Waals surface area contributed by atoms with Crippen molar-refractivity contribution in [2.24, 2.45) is 5.73 Å². The van der Waals surface area contributed by atoms with Crippen molar-refractivity contribution in [1.29, 1.82) is 0 Å². The summed E-state index contributed by atoms with van der Waals surface area (Å²) in [6.07, 6.45) is 3.56. The zero-order valence-electron chi connectivity index (χ0n) is 10.8. The Morgan fingerprint density at radius 3 is 2.45 bits per heavy atom. The highest BCUT2D eigenvalue weighted by atomic mass is 16.1. The molecule has 3 aromatic rings. The maximum Gasteiger partial charge on any atom is 0.251 e. The van der Waals surface area contributed by atoms with E-state index in [9.17, 15) is 4.79 Å². The molecule has 0 aliphatic carbocycles. The lowest BCUT2D eigenvalue weighted by atomic mass is 10.0. The Hall–Kier alpha value is -2.75. The van der Waals surface area contributed by atoms with Gasteiger partial charge in [0.1, 0.15) is 5.82 Å². The van der Waals surface area contributed by atoms with E-state index in [1.807, 2.05) is 18.2 Å². The number of fused-ring (bicyclic) bond motifs is 1. The lowest BCUT2D eigenvalue weighted by molar-refractivity contribution is 0.0999. The van der Waals surface area contributed by atoms with Crippen LogP contribution in [0.25, 0.3) is 10.8 Å². The first kappa shape index (κ1) is 12.3. The van der Waals surface area contributed by atoms with Crippen LogP contribution < -0.4 is 5.73 Å². The average molecular weight is 263 g/mol. The second-order valence-electron chi connectivity index (χ2n) is 4.57. The molecule has 2 aromatic carbocycles. The number of nitrogens with two attached hydrogens (primary N) is 1. The number of benzene rings is 2. The van der Waals surface area contributed by atoms with E-state index >= 15 is 0 Å². The van der Waals surface area contributed by atoms with Crippen LogP contribution in [0.5, 0.6) is 0 Å². The van der Waals surface area contributed by atoms with Gasteiger partial charge in [-0.1, -0.05) is 42.5 Å². The quantitative estimate of drug-likeness (QED) is 0.788. The molecule has 98 valence electrons. The maximum atomic E-state index is 11.0. The highest BCUT2D eigenvalue weighted by Crippen LogP contribution is 2.20. The maximum absolute atomic E-state index is 11.0. The Balaban J connectivity index is 1.95. The van der Waals surface area contributed by atoms with E-state index in [0.29, 0.717) is 17.8 Å². The predicted molar refractivity (Wildman–Crippen MR) is 77.3 cm³/mol.